The number of para-hydroxylation sites is 1. The molecule has 2 aromatic carbocycles. The van der Waals surface area contributed by atoms with Crippen LogP contribution >= 0.6 is 0 Å². The number of ether oxygens (including phenoxy) is 4. The van der Waals surface area contributed by atoms with E-state index in [1.165, 1.54) is 0 Å². The van der Waals surface area contributed by atoms with Gasteiger partial charge in [0.25, 0.3) is 5.91 Å². The number of nitrogens with one attached hydrogen (secondary N) is 1. The van der Waals surface area contributed by atoms with E-state index in [0.29, 0.717) is 62.4 Å². The van der Waals surface area contributed by atoms with Gasteiger partial charge in [-0.2, -0.15) is 0 Å². The molecule has 0 aliphatic carbocycles. The van der Waals surface area contributed by atoms with Crippen molar-refractivity contribution in [3.8, 4) is 5.75 Å². The van der Waals surface area contributed by atoms with Gasteiger partial charge in [0.2, 0.25) is 0 Å². The van der Waals surface area contributed by atoms with Crippen LogP contribution < -0.4 is 20.1 Å². The highest BCUT2D eigenvalue weighted by atomic mass is 32.2. The second-order valence-electron chi connectivity index (χ2n) is 7.85. The Morgan fingerprint density at radius 2 is 1.61 bits per heavy atom. The molecule has 0 saturated heterocycles. The summed E-state index contributed by atoms with van der Waals surface area (Å²) in [5, 5.41) is 0.783. The summed E-state index contributed by atoms with van der Waals surface area (Å²) in [6.45, 7) is 3.42. The molecule has 3 N–H and O–H groups in total. The zero-order valence-corrected chi connectivity index (χ0v) is 21.4. The van der Waals surface area contributed by atoms with E-state index < -0.39 is 16.9 Å². The Morgan fingerprint density at radius 1 is 0.944 bits per heavy atom. The van der Waals surface area contributed by atoms with Crippen LogP contribution in [-0.4, -0.2) is 77.0 Å². The molecule has 1 heterocycles. The molecule has 3 aromatic rings. The average Bonchev–Trinajstić information content (AvgIpc) is 3.31. The zero-order chi connectivity index (χ0) is 25.8. The van der Waals surface area contributed by atoms with Gasteiger partial charge in [0.15, 0.2) is 16.7 Å². The van der Waals surface area contributed by atoms with E-state index in [-0.39, 0.29) is 12.4 Å². The molecule has 0 aliphatic heterocycles. The molecule has 36 heavy (non-hydrogen) atoms. The highest BCUT2D eigenvalue weighted by molar-refractivity contribution is 7.83. The van der Waals surface area contributed by atoms with Gasteiger partial charge in [-0.3, -0.25) is 9.52 Å². The second kappa shape index (κ2) is 14.6. The molecule has 0 radical (unpaired) electrons. The molecule has 1 unspecified atom stereocenters. The van der Waals surface area contributed by atoms with Crippen LogP contribution in [0.25, 0.3) is 11.0 Å². The standard InChI is InChI=1S/C25H33N3O7S/c1-28(2)20-8-7-19-17-23(35-22(19)18-20)25(29)27-36(30)24-6-4-3-5-21(24)34-16-15-33-14-13-32-12-11-31-10-9-26/h3-8,17-18H,9-16,26H2,1-2H3,(H,27,29). The number of benzene rings is 2. The summed E-state index contributed by atoms with van der Waals surface area (Å²) in [6, 6.07) is 14.1. The fourth-order valence-corrected chi connectivity index (χ4v) is 4.05. The minimum atomic E-state index is -1.85. The van der Waals surface area contributed by atoms with Crippen LogP contribution in [0.3, 0.4) is 0 Å². The molecule has 0 fully saturated rings. The number of hydrogen-bond donors (Lipinski definition) is 2. The molecule has 3 rings (SSSR count). The number of anilines is 1. The maximum absolute atomic E-state index is 12.9. The first kappa shape index (κ1) is 27.6. The van der Waals surface area contributed by atoms with E-state index in [4.69, 9.17) is 29.1 Å². The predicted octanol–water partition coefficient (Wildman–Crippen LogP) is 2.34. The number of nitrogens with two attached hydrogens (primary N) is 1. The molecule has 0 aliphatic rings. The number of carbonyl (C=O) groups is 1. The van der Waals surface area contributed by atoms with Crippen LogP contribution in [0.1, 0.15) is 10.6 Å². The summed E-state index contributed by atoms with van der Waals surface area (Å²) in [6.07, 6.45) is 0. The van der Waals surface area contributed by atoms with Gasteiger partial charge in [0.05, 0.1) is 39.6 Å². The fraction of sp³-hybridized carbons (Fsp3) is 0.400. The molecule has 11 heteroatoms. The van der Waals surface area contributed by atoms with Gasteiger partial charge < -0.3 is 34.0 Å². The maximum atomic E-state index is 12.9. The number of rotatable bonds is 16. The lowest BCUT2D eigenvalue weighted by Gasteiger charge is -2.12. The fourth-order valence-electron chi connectivity index (χ4n) is 3.16. The van der Waals surface area contributed by atoms with E-state index in [0.717, 1.165) is 11.1 Å². The van der Waals surface area contributed by atoms with Gasteiger partial charge in [0.1, 0.15) is 22.8 Å². The van der Waals surface area contributed by atoms with Crippen molar-refractivity contribution in [2.45, 2.75) is 4.90 Å². The Balaban J connectivity index is 1.46. The van der Waals surface area contributed by atoms with Gasteiger partial charge >= 0.3 is 0 Å². The van der Waals surface area contributed by atoms with Crippen molar-refractivity contribution >= 4 is 33.5 Å². The van der Waals surface area contributed by atoms with Crippen molar-refractivity contribution in [3.05, 3.63) is 54.3 Å². The number of furan rings is 1. The monoisotopic (exact) mass is 519 g/mol. The van der Waals surface area contributed by atoms with Gasteiger partial charge in [0, 0.05) is 37.8 Å². The van der Waals surface area contributed by atoms with Gasteiger partial charge in [-0.1, -0.05) is 12.1 Å². The van der Waals surface area contributed by atoms with E-state index in [9.17, 15) is 9.00 Å². The Morgan fingerprint density at radius 3 is 2.31 bits per heavy atom. The lowest BCUT2D eigenvalue weighted by atomic mass is 10.2. The van der Waals surface area contributed by atoms with Crippen molar-refractivity contribution in [2.75, 3.05) is 71.8 Å². The van der Waals surface area contributed by atoms with E-state index >= 15 is 0 Å². The summed E-state index contributed by atoms with van der Waals surface area (Å²) in [4.78, 5) is 15.0. The summed E-state index contributed by atoms with van der Waals surface area (Å²) in [5.74, 6) is -0.106. The number of carbonyl (C=O) groups excluding carboxylic acids is 1. The molecule has 10 nitrogen and oxygen atoms in total. The number of nitrogens with zero attached hydrogens (tertiary/aromatic N) is 1. The van der Waals surface area contributed by atoms with Crippen molar-refractivity contribution in [3.63, 3.8) is 0 Å². The average molecular weight is 520 g/mol. The predicted molar refractivity (Wildman–Crippen MR) is 138 cm³/mol. The smallest absolute Gasteiger partial charge is 0.298 e. The molecule has 1 amide bonds. The normalized spacial score (nSPS) is 12.0. The maximum Gasteiger partial charge on any atom is 0.298 e. The first-order valence-electron chi connectivity index (χ1n) is 11.6. The highest BCUT2D eigenvalue weighted by Crippen LogP contribution is 2.25. The summed E-state index contributed by atoms with van der Waals surface area (Å²) in [5.41, 5.74) is 6.86. The van der Waals surface area contributed by atoms with Gasteiger partial charge in [-0.25, -0.2) is 4.21 Å². The van der Waals surface area contributed by atoms with Crippen molar-refractivity contribution in [1.82, 2.24) is 4.72 Å². The quantitative estimate of drug-likeness (QED) is 0.274. The van der Waals surface area contributed by atoms with Crippen molar-refractivity contribution < 1.29 is 32.4 Å². The van der Waals surface area contributed by atoms with E-state index in [1.54, 1.807) is 30.3 Å². The molecule has 0 spiro atoms. The van der Waals surface area contributed by atoms with Crippen molar-refractivity contribution in [2.24, 2.45) is 5.73 Å². The lowest BCUT2D eigenvalue weighted by molar-refractivity contribution is 0.0104. The minimum Gasteiger partial charge on any atom is -0.490 e. The SMILES string of the molecule is CN(C)c1ccc2cc(C(=O)NS(=O)c3ccccc3OCCOCCOCCOCCN)oc2c1. The summed E-state index contributed by atoms with van der Waals surface area (Å²) in [7, 11) is 1.99. The number of amides is 1. The third-order valence-corrected chi connectivity index (χ3v) is 6.08. The Hall–Kier alpha value is -2.96. The lowest BCUT2D eigenvalue weighted by Crippen LogP contribution is -2.25. The van der Waals surface area contributed by atoms with Crippen LogP contribution in [0, 0.1) is 0 Å². The van der Waals surface area contributed by atoms with Crippen LogP contribution in [0.5, 0.6) is 5.75 Å². The van der Waals surface area contributed by atoms with Gasteiger partial charge in [-0.05, 0) is 30.3 Å². The topological polar surface area (TPSA) is 125 Å². The third-order valence-electron chi connectivity index (χ3n) is 4.97. The molecule has 196 valence electrons. The molecule has 0 bridgehead atoms. The van der Waals surface area contributed by atoms with Gasteiger partial charge in [-0.15, -0.1) is 0 Å². The molecular formula is C25H33N3O7S. The minimum absolute atomic E-state index is 0.0780. The third kappa shape index (κ3) is 8.32. The van der Waals surface area contributed by atoms with Crippen LogP contribution in [-0.2, 0) is 25.2 Å². The second-order valence-corrected chi connectivity index (χ2v) is 9.03. The molecule has 1 atom stereocenters. The Bertz CT molecular complexity index is 1140. The molecule has 0 saturated carbocycles. The first-order chi connectivity index (χ1) is 17.5. The summed E-state index contributed by atoms with van der Waals surface area (Å²) < 4.78 is 42.9. The van der Waals surface area contributed by atoms with Crippen LogP contribution in [0.15, 0.2) is 57.8 Å². The highest BCUT2D eigenvalue weighted by Gasteiger charge is 2.18. The number of fused-ring (bicyclic) bond motifs is 1. The largest absolute Gasteiger partial charge is 0.490 e. The molecule has 1 aromatic heterocycles. The first-order valence-corrected chi connectivity index (χ1v) is 12.7. The van der Waals surface area contributed by atoms with E-state index in [1.807, 2.05) is 37.2 Å². The Kier molecular flexibility index (Phi) is 11.2. The molecular weight excluding hydrogens is 486 g/mol. The van der Waals surface area contributed by atoms with Crippen molar-refractivity contribution in [1.29, 1.82) is 0 Å². The van der Waals surface area contributed by atoms with Crippen LogP contribution in [0.4, 0.5) is 5.69 Å². The summed E-state index contributed by atoms with van der Waals surface area (Å²) >= 11 is 0. The zero-order valence-electron chi connectivity index (χ0n) is 20.6. The van der Waals surface area contributed by atoms with E-state index in [2.05, 4.69) is 4.72 Å². The Labute approximate surface area is 213 Å². The number of hydrogen-bond acceptors (Lipinski definition) is 9. The van der Waals surface area contributed by atoms with Crippen LogP contribution in [0.2, 0.25) is 0 Å².